The molecule has 1 N–H and O–H groups in total. The molecule has 0 atom stereocenters. The molecule has 0 aliphatic heterocycles. The smallest absolute Gasteiger partial charge is 0.234 e. The highest BCUT2D eigenvalue weighted by Gasteiger charge is 2.22. The summed E-state index contributed by atoms with van der Waals surface area (Å²) in [6, 6.07) is 19.5. The van der Waals surface area contributed by atoms with Gasteiger partial charge >= 0.3 is 0 Å². The largest absolute Gasteiger partial charge is 0.325 e. The number of nitriles is 1. The molecule has 1 aromatic heterocycles. The fraction of sp³-hybridized carbons (Fsp3) is 0.148. The first kappa shape index (κ1) is 21.4. The van der Waals surface area contributed by atoms with E-state index >= 15 is 0 Å². The first-order chi connectivity index (χ1) is 15.7. The van der Waals surface area contributed by atoms with Gasteiger partial charge in [-0.25, -0.2) is 4.98 Å². The van der Waals surface area contributed by atoms with Crippen molar-refractivity contribution in [1.82, 2.24) is 4.98 Å². The summed E-state index contributed by atoms with van der Waals surface area (Å²) in [5, 5.41) is 13.4. The van der Waals surface area contributed by atoms with Gasteiger partial charge in [-0.05, 0) is 54.2 Å². The summed E-state index contributed by atoms with van der Waals surface area (Å²) in [4.78, 5) is 17.3. The third-order valence-electron chi connectivity index (χ3n) is 5.24. The second kappa shape index (κ2) is 10.0. The van der Waals surface area contributed by atoms with Crippen LogP contribution < -0.4 is 5.32 Å². The van der Waals surface area contributed by atoms with Crippen LogP contribution in [-0.2, 0) is 17.6 Å². The van der Waals surface area contributed by atoms with E-state index in [1.54, 1.807) is 18.2 Å². The average Bonchev–Trinajstić information content (AvgIpc) is 3.30. The zero-order valence-electron chi connectivity index (χ0n) is 17.5. The van der Waals surface area contributed by atoms with Crippen molar-refractivity contribution in [1.29, 1.82) is 5.26 Å². The Labute approximate surface area is 192 Å². The molecule has 1 heterocycles. The van der Waals surface area contributed by atoms with Crippen LogP contribution in [0.4, 0.5) is 5.69 Å². The Morgan fingerprint density at radius 2 is 2.00 bits per heavy atom. The maximum atomic E-state index is 12.5. The van der Waals surface area contributed by atoms with Gasteiger partial charge in [-0.1, -0.05) is 66.2 Å². The number of benzene rings is 2. The van der Waals surface area contributed by atoms with Gasteiger partial charge in [-0.15, -0.1) is 6.42 Å². The van der Waals surface area contributed by atoms with E-state index in [1.807, 2.05) is 48.6 Å². The molecule has 0 spiro atoms. The van der Waals surface area contributed by atoms with Gasteiger partial charge in [0.1, 0.15) is 11.1 Å². The molecule has 4 nitrogen and oxygen atoms in total. The highest BCUT2D eigenvalue weighted by molar-refractivity contribution is 8.00. The first-order valence-corrected chi connectivity index (χ1v) is 11.3. The van der Waals surface area contributed by atoms with Crippen molar-refractivity contribution in [3.8, 4) is 18.4 Å². The molecular formula is C27H21N3OS. The number of terminal acetylenes is 1. The summed E-state index contributed by atoms with van der Waals surface area (Å²) >= 11 is 1.29. The van der Waals surface area contributed by atoms with Crippen molar-refractivity contribution in [3.05, 3.63) is 88.1 Å². The highest BCUT2D eigenvalue weighted by Crippen LogP contribution is 2.33. The second-order valence-corrected chi connectivity index (χ2v) is 8.37. The van der Waals surface area contributed by atoms with Crippen LogP contribution in [0.15, 0.2) is 59.6 Å². The lowest BCUT2D eigenvalue weighted by Crippen LogP contribution is -2.14. The molecule has 0 saturated carbocycles. The number of pyridine rings is 1. The number of fused-ring (bicyclic) bond motifs is 1. The van der Waals surface area contributed by atoms with Crippen LogP contribution in [-0.4, -0.2) is 16.6 Å². The summed E-state index contributed by atoms with van der Waals surface area (Å²) in [7, 11) is 0. The molecule has 0 unspecified atom stereocenters. The first-order valence-electron chi connectivity index (χ1n) is 10.4. The van der Waals surface area contributed by atoms with Gasteiger partial charge in [0.05, 0.1) is 11.3 Å². The Hall–Kier alpha value is -3.80. The minimum Gasteiger partial charge on any atom is -0.325 e. The van der Waals surface area contributed by atoms with E-state index < -0.39 is 0 Å². The highest BCUT2D eigenvalue weighted by atomic mass is 32.2. The normalized spacial score (nSPS) is 12.2. The van der Waals surface area contributed by atoms with Crippen molar-refractivity contribution >= 4 is 35.5 Å². The number of nitrogens with one attached hydrogen (secondary N) is 1. The lowest BCUT2D eigenvalue weighted by Gasteiger charge is -2.12. The molecule has 1 aliphatic rings. The number of amides is 1. The summed E-state index contributed by atoms with van der Waals surface area (Å²) in [6.45, 7) is 0. The van der Waals surface area contributed by atoms with Crippen LogP contribution in [0.3, 0.4) is 0 Å². The maximum absolute atomic E-state index is 12.5. The van der Waals surface area contributed by atoms with E-state index in [4.69, 9.17) is 11.4 Å². The molecule has 1 amide bonds. The van der Waals surface area contributed by atoms with Gasteiger partial charge in [0, 0.05) is 16.9 Å². The van der Waals surface area contributed by atoms with Gasteiger partial charge in [-0.2, -0.15) is 5.26 Å². The Morgan fingerprint density at radius 3 is 2.78 bits per heavy atom. The maximum Gasteiger partial charge on any atom is 0.234 e. The standard InChI is InChI=1S/C27H21N3OS/c1-2-19-10-6-11-21(16-19)29-26(31)18-32-27-24(17-28)22(23-12-7-13-25(23)30-27)15-14-20-8-4-3-5-9-20/h1,3-6,8-11,14-16H,7,12-13,18H2,(H,29,31)/b15-14+. The number of carbonyl (C=O) groups is 1. The van der Waals surface area contributed by atoms with E-state index in [1.165, 1.54) is 11.8 Å². The van der Waals surface area contributed by atoms with E-state index in [-0.39, 0.29) is 11.7 Å². The van der Waals surface area contributed by atoms with Crippen molar-refractivity contribution in [3.63, 3.8) is 0 Å². The quantitative estimate of drug-likeness (QED) is 0.420. The lowest BCUT2D eigenvalue weighted by atomic mass is 10.0. The van der Waals surface area contributed by atoms with Crippen molar-refractivity contribution in [2.24, 2.45) is 0 Å². The number of nitrogens with zero attached hydrogens (tertiary/aromatic N) is 2. The molecular weight excluding hydrogens is 414 g/mol. The number of aromatic nitrogens is 1. The zero-order valence-corrected chi connectivity index (χ0v) is 18.3. The minimum absolute atomic E-state index is 0.155. The number of anilines is 1. The number of rotatable bonds is 6. The molecule has 1 aliphatic carbocycles. The topological polar surface area (TPSA) is 65.8 Å². The molecule has 32 heavy (non-hydrogen) atoms. The number of hydrogen-bond acceptors (Lipinski definition) is 4. The number of thioether (sulfide) groups is 1. The molecule has 0 bridgehead atoms. The van der Waals surface area contributed by atoms with Gasteiger partial charge in [0.25, 0.3) is 0 Å². The van der Waals surface area contributed by atoms with E-state index in [9.17, 15) is 10.1 Å². The fourth-order valence-electron chi connectivity index (χ4n) is 3.74. The number of carbonyl (C=O) groups excluding carboxylic acids is 1. The predicted octanol–water partition coefficient (Wildman–Crippen LogP) is 5.32. The Morgan fingerprint density at radius 1 is 1.16 bits per heavy atom. The number of hydrogen-bond donors (Lipinski definition) is 1. The van der Waals surface area contributed by atoms with Crippen molar-refractivity contribution in [2.75, 3.05) is 11.1 Å². The lowest BCUT2D eigenvalue weighted by molar-refractivity contribution is -0.113. The third-order valence-corrected chi connectivity index (χ3v) is 6.22. The average molecular weight is 436 g/mol. The van der Waals surface area contributed by atoms with Crippen LogP contribution in [0.5, 0.6) is 0 Å². The third kappa shape index (κ3) is 4.91. The SMILES string of the molecule is C#Cc1cccc(NC(=O)CSc2nc3c(c(/C=C/c4ccccc4)c2C#N)CCC3)c1. The van der Waals surface area contributed by atoms with E-state index in [0.717, 1.165) is 41.6 Å². The Kier molecular flexibility index (Phi) is 6.70. The molecule has 0 fully saturated rings. The van der Waals surface area contributed by atoms with E-state index in [2.05, 4.69) is 17.3 Å². The van der Waals surface area contributed by atoms with Crippen molar-refractivity contribution < 1.29 is 4.79 Å². The summed E-state index contributed by atoms with van der Waals surface area (Å²) in [5.74, 6) is 2.54. The molecule has 0 saturated heterocycles. The molecule has 4 rings (SSSR count). The molecule has 3 aromatic rings. The van der Waals surface area contributed by atoms with Gasteiger partial charge in [0.2, 0.25) is 5.91 Å². The molecule has 2 aromatic carbocycles. The van der Waals surface area contributed by atoms with Crippen molar-refractivity contribution in [2.45, 2.75) is 24.3 Å². The second-order valence-electron chi connectivity index (χ2n) is 7.40. The minimum atomic E-state index is -0.170. The zero-order chi connectivity index (χ0) is 22.3. The summed E-state index contributed by atoms with van der Waals surface area (Å²) in [5.41, 5.74) is 6.06. The van der Waals surface area contributed by atoms with Gasteiger partial charge in [0.15, 0.2) is 0 Å². The van der Waals surface area contributed by atoms with E-state index in [0.29, 0.717) is 21.8 Å². The summed E-state index contributed by atoms with van der Waals surface area (Å²) < 4.78 is 0. The monoisotopic (exact) mass is 435 g/mol. The van der Waals surface area contributed by atoms with Crippen LogP contribution in [0.1, 0.15) is 39.9 Å². The number of aryl methyl sites for hydroxylation is 1. The van der Waals surface area contributed by atoms with Crippen LogP contribution in [0.2, 0.25) is 0 Å². The molecule has 0 radical (unpaired) electrons. The van der Waals surface area contributed by atoms with Crippen LogP contribution in [0, 0.1) is 23.7 Å². The predicted molar refractivity (Wildman–Crippen MR) is 130 cm³/mol. The fourth-order valence-corrected chi connectivity index (χ4v) is 4.56. The summed E-state index contributed by atoms with van der Waals surface area (Å²) in [6.07, 6.45) is 12.3. The Bertz CT molecular complexity index is 1270. The van der Waals surface area contributed by atoms with Gasteiger partial charge < -0.3 is 5.32 Å². The van der Waals surface area contributed by atoms with Gasteiger partial charge in [-0.3, -0.25) is 4.79 Å². The molecule has 5 heteroatoms. The molecule has 156 valence electrons. The van der Waals surface area contributed by atoms with Crippen LogP contribution in [0.25, 0.3) is 12.2 Å². The Balaban J connectivity index is 1.56. The van der Waals surface area contributed by atoms with Crippen LogP contribution >= 0.6 is 11.8 Å².